The summed E-state index contributed by atoms with van der Waals surface area (Å²) in [4.78, 5) is 16.3. The van der Waals surface area contributed by atoms with E-state index in [9.17, 15) is 4.79 Å². The third kappa shape index (κ3) is 5.85. The number of aromatic nitrogens is 2. The lowest BCUT2D eigenvalue weighted by molar-refractivity contribution is -0.122. The third-order valence-electron chi connectivity index (χ3n) is 3.46. The quantitative estimate of drug-likeness (QED) is 0.785. The number of imidazole rings is 1. The number of nitrogens with one attached hydrogen (secondary N) is 2. The molecule has 118 valence electrons. The van der Waals surface area contributed by atoms with Crippen molar-refractivity contribution < 1.29 is 9.53 Å². The number of nitrogens with zero attached hydrogens (tertiary/aromatic N) is 2. The van der Waals surface area contributed by atoms with Crippen LogP contribution in [-0.4, -0.2) is 41.3 Å². The number of rotatable bonds is 7. The first-order valence-corrected chi connectivity index (χ1v) is 7.72. The summed E-state index contributed by atoms with van der Waals surface area (Å²) in [6.07, 6.45) is 5.45. The molecule has 2 rings (SSSR count). The number of amides is 1. The maximum atomic E-state index is 12.0. The van der Waals surface area contributed by atoms with Gasteiger partial charge < -0.3 is 19.9 Å². The molecule has 0 radical (unpaired) electrons. The summed E-state index contributed by atoms with van der Waals surface area (Å²) >= 11 is 0. The van der Waals surface area contributed by atoms with Gasteiger partial charge in [-0.2, -0.15) is 0 Å². The lowest BCUT2D eigenvalue weighted by atomic mass is 10.1. The lowest BCUT2D eigenvalue weighted by Crippen LogP contribution is -2.40. The molecule has 1 aliphatic heterocycles. The highest BCUT2D eigenvalue weighted by Crippen LogP contribution is 2.06. The molecule has 0 aliphatic carbocycles. The minimum absolute atomic E-state index is 0.0426. The van der Waals surface area contributed by atoms with Crippen LogP contribution in [0.4, 0.5) is 0 Å². The molecule has 2 N–H and O–H groups in total. The van der Waals surface area contributed by atoms with Crippen LogP contribution >= 0.6 is 0 Å². The normalized spacial score (nSPS) is 16.3. The van der Waals surface area contributed by atoms with Gasteiger partial charge in [-0.25, -0.2) is 4.98 Å². The molecule has 1 aromatic heterocycles. The molecule has 1 amide bonds. The Morgan fingerprint density at radius 3 is 2.95 bits per heavy atom. The Bertz CT molecular complexity index is 439. The van der Waals surface area contributed by atoms with Crippen molar-refractivity contribution in [1.29, 1.82) is 0 Å². The number of hydrogen-bond donors (Lipinski definition) is 2. The van der Waals surface area contributed by atoms with Gasteiger partial charge in [0.15, 0.2) is 0 Å². The molecule has 0 saturated carbocycles. The van der Waals surface area contributed by atoms with Crippen LogP contribution in [0, 0.1) is 5.92 Å². The monoisotopic (exact) mass is 294 g/mol. The van der Waals surface area contributed by atoms with Gasteiger partial charge in [0.05, 0.1) is 12.0 Å². The van der Waals surface area contributed by atoms with Crippen LogP contribution in [-0.2, 0) is 22.6 Å². The SMILES string of the molecule is CC(C)CNCc1cn(CC(=O)NC2CCOCC2)cn1. The van der Waals surface area contributed by atoms with Crippen molar-refractivity contribution >= 4 is 5.91 Å². The minimum Gasteiger partial charge on any atom is -0.381 e. The number of hydrogen-bond acceptors (Lipinski definition) is 4. The average molecular weight is 294 g/mol. The van der Waals surface area contributed by atoms with Crippen molar-refractivity contribution in [2.75, 3.05) is 19.8 Å². The van der Waals surface area contributed by atoms with E-state index in [4.69, 9.17) is 4.74 Å². The molecule has 6 heteroatoms. The molecule has 21 heavy (non-hydrogen) atoms. The fourth-order valence-corrected chi connectivity index (χ4v) is 2.35. The van der Waals surface area contributed by atoms with Crippen LogP contribution in [0.1, 0.15) is 32.4 Å². The van der Waals surface area contributed by atoms with Crippen molar-refractivity contribution in [3.8, 4) is 0 Å². The van der Waals surface area contributed by atoms with Crippen molar-refractivity contribution in [3.05, 3.63) is 18.2 Å². The van der Waals surface area contributed by atoms with Gasteiger partial charge in [-0.1, -0.05) is 13.8 Å². The van der Waals surface area contributed by atoms with Gasteiger partial charge in [0.25, 0.3) is 0 Å². The van der Waals surface area contributed by atoms with Gasteiger partial charge in [-0.15, -0.1) is 0 Å². The average Bonchev–Trinajstić information content (AvgIpc) is 2.86. The predicted octanol–water partition coefficient (Wildman–Crippen LogP) is 0.924. The van der Waals surface area contributed by atoms with E-state index in [2.05, 4.69) is 29.5 Å². The van der Waals surface area contributed by atoms with Crippen molar-refractivity contribution in [1.82, 2.24) is 20.2 Å². The standard InChI is InChI=1S/C15H26N4O2/c1-12(2)7-16-8-14-9-19(11-17-14)10-15(20)18-13-3-5-21-6-4-13/h9,11-13,16H,3-8,10H2,1-2H3,(H,18,20). The van der Waals surface area contributed by atoms with Gasteiger partial charge in [-0.05, 0) is 25.3 Å². The Morgan fingerprint density at radius 1 is 1.48 bits per heavy atom. The van der Waals surface area contributed by atoms with E-state index in [0.29, 0.717) is 12.5 Å². The van der Waals surface area contributed by atoms with E-state index in [0.717, 1.165) is 44.8 Å². The maximum Gasteiger partial charge on any atom is 0.240 e. The summed E-state index contributed by atoms with van der Waals surface area (Å²) in [5, 5.41) is 6.39. The fourth-order valence-electron chi connectivity index (χ4n) is 2.35. The summed E-state index contributed by atoms with van der Waals surface area (Å²) in [5.41, 5.74) is 0.967. The molecule has 0 unspecified atom stereocenters. The zero-order chi connectivity index (χ0) is 15.1. The molecule has 6 nitrogen and oxygen atoms in total. The minimum atomic E-state index is 0.0426. The Balaban J connectivity index is 1.72. The van der Waals surface area contributed by atoms with E-state index in [1.807, 2.05) is 10.8 Å². The highest BCUT2D eigenvalue weighted by atomic mass is 16.5. The summed E-state index contributed by atoms with van der Waals surface area (Å²) in [7, 11) is 0. The first-order chi connectivity index (χ1) is 10.1. The van der Waals surface area contributed by atoms with E-state index in [1.54, 1.807) is 6.33 Å². The highest BCUT2D eigenvalue weighted by molar-refractivity contribution is 5.76. The van der Waals surface area contributed by atoms with Crippen LogP contribution in [0.3, 0.4) is 0 Å². The van der Waals surface area contributed by atoms with Gasteiger partial charge >= 0.3 is 0 Å². The molecule has 1 aromatic rings. The van der Waals surface area contributed by atoms with Crippen LogP contribution < -0.4 is 10.6 Å². The van der Waals surface area contributed by atoms with Crippen LogP contribution in [0.15, 0.2) is 12.5 Å². The molecular weight excluding hydrogens is 268 g/mol. The number of carbonyl (C=O) groups is 1. The van der Waals surface area contributed by atoms with Gasteiger partial charge in [0.1, 0.15) is 6.54 Å². The summed E-state index contributed by atoms with van der Waals surface area (Å²) in [6, 6.07) is 0.252. The second-order valence-electron chi connectivity index (χ2n) is 6.02. The first kappa shape index (κ1) is 16.0. The summed E-state index contributed by atoms with van der Waals surface area (Å²) < 4.78 is 7.12. The molecule has 0 bridgehead atoms. The van der Waals surface area contributed by atoms with Gasteiger partial charge in [0.2, 0.25) is 5.91 Å². The zero-order valence-corrected chi connectivity index (χ0v) is 13.0. The smallest absolute Gasteiger partial charge is 0.240 e. The maximum absolute atomic E-state index is 12.0. The number of carbonyl (C=O) groups excluding carboxylic acids is 1. The molecule has 0 atom stereocenters. The van der Waals surface area contributed by atoms with Crippen LogP contribution in [0.2, 0.25) is 0 Å². The predicted molar refractivity (Wildman–Crippen MR) is 80.8 cm³/mol. The third-order valence-corrected chi connectivity index (χ3v) is 3.46. The summed E-state index contributed by atoms with van der Waals surface area (Å²) in [6.45, 7) is 7.86. The summed E-state index contributed by atoms with van der Waals surface area (Å²) in [5.74, 6) is 0.665. The second-order valence-corrected chi connectivity index (χ2v) is 6.02. The molecule has 0 spiro atoms. The van der Waals surface area contributed by atoms with E-state index < -0.39 is 0 Å². The Morgan fingerprint density at radius 2 is 2.24 bits per heavy atom. The van der Waals surface area contributed by atoms with Crippen molar-refractivity contribution in [3.63, 3.8) is 0 Å². The Labute approximate surface area is 126 Å². The zero-order valence-electron chi connectivity index (χ0n) is 13.0. The molecule has 2 heterocycles. The molecule has 1 saturated heterocycles. The molecular formula is C15H26N4O2. The largest absolute Gasteiger partial charge is 0.381 e. The number of ether oxygens (including phenoxy) is 1. The first-order valence-electron chi connectivity index (χ1n) is 7.72. The van der Waals surface area contributed by atoms with Crippen molar-refractivity contribution in [2.45, 2.75) is 45.8 Å². The molecule has 1 aliphatic rings. The highest BCUT2D eigenvalue weighted by Gasteiger charge is 2.16. The molecule has 0 aromatic carbocycles. The van der Waals surface area contributed by atoms with E-state index in [1.165, 1.54) is 0 Å². The van der Waals surface area contributed by atoms with E-state index >= 15 is 0 Å². The Kier molecular flexibility index (Phi) is 6.20. The van der Waals surface area contributed by atoms with E-state index in [-0.39, 0.29) is 11.9 Å². The van der Waals surface area contributed by atoms with Gasteiger partial charge in [-0.3, -0.25) is 4.79 Å². The molecule has 1 fully saturated rings. The fraction of sp³-hybridized carbons (Fsp3) is 0.733. The Hall–Kier alpha value is -1.40. The lowest BCUT2D eigenvalue weighted by Gasteiger charge is -2.23. The van der Waals surface area contributed by atoms with Crippen LogP contribution in [0.25, 0.3) is 0 Å². The van der Waals surface area contributed by atoms with Gasteiger partial charge in [0, 0.05) is 32.0 Å². The second kappa shape index (κ2) is 8.14. The van der Waals surface area contributed by atoms with Crippen molar-refractivity contribution in [2.24, 2.45) is 5.92 Å². The van der Waals surface area contributed by atoms with Crippen LogP contribution in [0.5, 0.6) is 0 Å². The topological polar surface area (TPSA) is 68.2 Å².